The van der Waals surface area contributed by atoms with E-state index in [4.69, 9.17) is 0 Å². The smallest absolute Gasteiger partial charge is 0.223 e. The van der Waals surface area contributed by atoms with E-state index in [1.165, 1.54) is 12.1 Å². The molecule has 3 nitrogen and oxygen atoms in total. The molecule has 0 spiro atoms. The number of amides is 1. The van der Waals surface area contributed by atoms with E-state index in [2.05, 4.69) is 17.6 Å². The summed E-state index contributed by atoms with van der Waals surface area (Å²) in [6.45, 7) is 4.92. The number of nitrogens with one attached hydrogen (secondary N) is 2. The first-order chi connectivity index (χ1) is 9.06. The molecule has 2 rings (SSSR count). The molecule has 0 saturated carbocycles. The number of piperidine rings is 1. The molecule has 2 N–H and O–H groups in total. The van der Waals surface area contributed by atoms with E-state index in [0.29, 0.717) is 6.04 Å². The molecular formula is C15H21FN2O. The van der Waals surface area contributed by atoms with Gasteiger partial charge in [0.2, 0.25) is 5.91 Å². The summed E-state index contributed by atoms with van der Waals surface area (Å²) in [6, 6.07) is 6.58. The molecule has 1 amide bonds. The number of carbonyl (C=O) groups is 1. The molecule has 0 aliphatic carbocycles. The van der Waals surface area contributed by atoms with Crippen molar-refractivity contribution in [1.82, 2.24) is 10.6 Å². The van der Waals surface area contributed by atoms with Crippen LogP contribution in [0, 0.1) is 11.7 Å². The fourth-order valence-electron chi connectivity index (χ4n) is 2.54. The van der Waals surface area contributed by atoms with E-state index in [-0.39, 0.29) is 23.7 Å². The Morgan fingerprint density at radius 2 is 2.11 bits per heavy atom. The van der Waals surface area contributed by atoms with Crippen LogP contribution in [-0.2, 0) is 4.79 Å². The Balaban J connectivity index is 1.92. The van der Waals surface area contributed by atoms with Gasteiger partial charge in [-0.25, -0.2) is 4.39 Å². The van der Waals surface area contributed by atoms with Crippen LogP contribution in [0.3, 0.4) is 0 Å². The molecule has 1 aliphatic rings. The summed E-state index contributed by atoms with van der Waals surface area (Å²) in [5.74, 6) is -0.0706. The molecule has 1 aromatic rings. The Kier molecular flexibility index (Phi) is 4.53. The minimum Gasteiger partial charge on any atom is -0.349 e. The van der Waals surface area contributed by atoms with Crippen LogP contribution in [-0.4, -0.2) is 18.5 Å². The molecule has 1 heterocycles. The van der Waals surface area contributed by atoms with E-state index < -0.39 is 0 Å². The van der Waals surface area contributed by atoms with Crippen LogP contribution in [0.5, 0.6) is 0 Å². The van der Waals surface area contributed by atoms with Crippen LogP contribution in [0.2, 0.25) is 0 Å². The van der Waals surface area contributed by atoms with Crippen LogP contribution in [0.25, 0.3) is 0 Å². The minimum absolute atomic E-state index is 0.0825. The van der Waals surface area contributed by atoms with Gasteiger partial charge in [0.25, 0.3) is 0 Å². The number of carbonyl (C=O) groups excluding carboxylic acids is 1. The third kappa shape index (κ3) is 3.77. The van der Waals surface area contributed by atoms with Crippen molar-refractivity contribution in [2.75, 3.05) is 6.54 Å². The lowest BCUT2D eigenvalue weighted by molar-refractivity contribution is -0.126. The summed E-state index contributed by atoms with van der Waals surface area (Å²) < 4.78 is 12.9. The number of halogens is 1. The van der Waals surface area contributed by atoms with Crippen molar-refractivity contribution in [2.24, 2.45) is 5.92 Å². The summed E-state index contributed by atoms with van der Waals surface area (Å²) in [7, 11) is 0. The zero-order valence-electron chi connectivity index (χ0n) is 11.4. The predicted molar refractivity (Wildman–Crippen MR) is 73.1 cm³/mol. The average molecular weight is 264 g/mol. The fraction of sp³-hybridized carbons (Fsp3) is 0.533. The largest absolute Gasteiger partial charge is 0.349 e. The Morgan fingerprint density at radius 1 is 1.42 bits per heavy atom. The lowest BCUT2D eigenvalue weighted by atomic mass is 9.92. The second-order valence-electron chi connectivity index (χ2n) is 5.36. The van der Waals surface area contributed by atoms with Gasteiger partial charge in [0.1, 0.15) is 5.82 Å². The van der Waals surface area contributed by atoms with Gasteiger partial charge in [-0.3, -0.25) is 4.79 Å². The van der Waals surface area contributed by atoms with Crippen LogP contribution in [0.15, 0.2) is 24.3 Å². The molecule has 4 heteroatoms. The maximum absolute atomic E-state index is 12.9. The Bertz CT molecular complexity index is 432. The van der Waals surface area contributed by atoms with Gasteiger partial charge in [0, 0.05) is 12.0 Å². The summed E-state index contributed by atoms with van der Waals surface area (Å²) in [5.41, 5.74) is 0.928. The Morgan fingerprint density at radius 3 is 2.74 bits per heavy atom. The topological polar surface area (TPSA) is 41.1 Å². The van der Waals surface area contributed by atoms with Gasteiger partial charge in [-0.2, -0.15) is 0 Å². The Hall–Kier alpha value is -1.42. The number of hydrogen-bond donors (Lipinski definition) is 2. The van der Waals surface area contributed by atoms with E-state index in [0.717, 1.165) is 24.9 Å². The molecule has 0 bridgehead atoms. The third-order valence-electron chi connectivity index (χ3n) is 3.72. The lowest BCUT2D eigenvalue weighted by Crippen LogP contribution is -2.42. The van der Waals surface area contributed by atoms with Gasteiger partial charge < -0.3 is 10.6 Å². The Labute approximate surface area is 113 Å². The summed E-state index contributed by atoms with van der Waals surface area (Å²) >= 11 is 0. The zero-order chi connectivity index (χ0) is 13.8. The molecule has 3 atom stereocenters. The van der Waals surface area contributed by atoms with Crippen LogP contribution < -0.4 is 10.6 Å². The van der Waals surface area contributed by atoms with E-state index in [1.54, 1.807) is 12.1 Å². The van der Waals surface area contributed by atoms with Crippen LogP contribution in [0.1, 0.15) is 38.3 Å². The second kappa shape index (κ2) is 6.15. The van der Waals surface area contributed by atoms with E-state index >= 15 is 0 Å². The summed E-state index contributed by atoms with van der Waals surface area (Å²) in [6.07, 6.45) is 1.76. The molecule has 1 aliphatic heterocycles. The minimum atomic E-state index is -0.255. The fourth-order valence-corrected chi connectivity index (χ4v) is 2.54. The number of benzene rings is 1. The second-order valence-corrected chi connectivity index (χ2v) is 5.36. The zero-order valence-corrected chi connectivity index (χ0v) is 11.4. The van der Waals surface area contributed by atoms with Crippen LogP contribution in [0.4, 0.5) is 4.39 Å². The van der Waals surface area contributed by atoms with E-state index in [1.807, 2.05) is 6.92 Å². The molecule has 1 saturated heterocycles. The first-order valence-electron chi connectivity index (χ1n) is 6.85. The van der Waals surface area contributed by atoms with E-state index in [9.17, 15) is 9.18 Å². The van der Waals surface area contributed by atoms with Gasteiger partial charge in [-0.1, -0.05) is 12.1 Å². The maximum Gasteiger partial charge on any atom is 0.223 e. The average Bonchev–Trinajstić information content (AvgIpc) is 2.39. The van der Waals surface area contributed by atoms with Gasteiger partial charge >= 0.3 is 0 Å². The quantitative estimate of drug-likeness (QED) is 0.880. The maximum atomic E-state index is 12.9. The summed E-state index contributed by atoms with van der Waals surface area (Å²) in [5, 5.41) is 6.35. The molecule has 0 aromatic heterocycles. The van der Waals surface area contributed by atoms with Gasteiger partial charge in [-0.15, -0.1) is 0 Å². The SMILES string of the molecule is CC1CC(C(=O)N[C@H](C)c2ccc(F)cc2)CCN1. The van der Waals surface area contributed by atoms with Crippen molar-refractivity contribution in [3.8, 4) is 0 Å². The standard InChI is InChI=1S/C15H21FN2O/c1-10-9-13(7-8-17-10)15(19)18-11(2)12-3-5-14(16)6-4-12/h3-6,10-11,13,17H,7-9H2,1-2H3,(H,18,19)/t10?,11-,13?/m1/s1. The highest BCUT2D eigenvalue weighted by molar-refractivity contribution is 5.79. The third-order valence-corrected chi connectivity index (χ3v) is 3.72. The molecule has 0 radical (unpaired) electrons. The molecule has 1 fully saturated rings. The van der Waals surface area contributed by atoms with Gasteiger partial charge in [0.05, 0.1) is 6.04 Å². The highest BCUT2D eigenvalue weighted by Gasteiger charge is 2.25. The van der Waals surface area contributed by atoms with Gasteiger partial charge in [0.15, 0.2) is 0 Å². The molecule has 1 aromatic carbocycles. The molecule has 104 valence electrons. The molecular weight excluding hydrogens is 243 g/mol. The highest BCUT2D eigenvalue weighted by Crippen LogP contribution is 2.19. The normalized spacial score (nSPS) is 24.8. The van der Waals surface area contributed by atoms with Crippen molar-refractivity contribution in [3.63, 3.8) is 0 Å². The summed E-state index contributed by atoms with van der Waals surface area (Å²) in [4.78, 5) is 12.2. The molecule has 19 heavy (non-hydrogen) atoms. The van der Waals surface area contributed by atoms with Crippen molar-refractivity contribution >= 4 is 5.91 Å². The highest BCUT2D eigenvalue weighted by atomic mass is 19.1. The lowest BCUT2D eigenvalue weighted by Gasteiger charge is -2.28. The number of hydrogen-bond acceptors (Lipinski definition) is 2. The predicted octanol–water partition coefficient (Wildman–Crippen LogP) is 2.39. The first kappa shape index (κ1) is 14.0. The first-order valence-corrected chi connectivity index (χ1v) is 6.85. The van der Waals surface area contributed by atoms with Crippen molar-refractivity contribution in [3.05, 3.63) is 35.6 Å². The monoisotopic (exact) mass is 264 g/mol. The van der Waals surface area contributed by atoms with Crippen molar-refractivity contribution in [1.29, 1.82) is 0 Å². The van der Waals surface area contributed by atoms with Crippen LogP contribution >= 0.6 is 0 Å². The molecule has 2 unspecified atom stereocenters. The van der Waals surface area contributed by atoms with Crippen molar-refractivity contribution < 1.29 is 9.18 Å². The van der Waals surface area contributed by atoms with Crippen molar-refractivity contribution in [2.45, 2.75) is 38.8 Å². The van der Waals surface area contributed by atoms with Gasteiger partial charge in [-0.05, 0) is 50.9 Å². The number of rotatable bonds is 3.